The molecule has 0 bridgehead atoms. The molecule has 1 amide bonds. The number of nitrogens with one attached hydrogen (secondary N) is 1. The number of carbonyl (C=O) groups is 2. The van der Waals surface area contributed by atoms with Crippen LogP contribution in [-0.4, -0.2) is 25.4 Å². The van der Waals surface area contributed by atoms with Crippen molar-refractivity contribution in [3.8, 4) is 11.5 Å². The van der Waals surface area contributed by atoms with Crippen LogP contribution in [0.15, 0.2) is 42.5 Å². The van der Waals surface area contributed by atoms with Gasteiger partial charge in [-0.1, -0.05) is 11.6 Å². The van der Waals surface area contributed by atoms with Crippen molar-refractivity contribution in [1.82, 2.24) is 0 Å². The fourth-order valence-corrected chi connectivity index (χ4v) is 2.06. The smallest absolute Gasteiger partial charge is 0.262 e. The Hall–Kier alpha value is -2.53. The van der Waals surface area contributed by atoms with E-state index in [9.17, 15) is 9.59 Å². The van der Waals surface area contributed by atoms with E-state index in [2.05, 4.69) is 5.32 Å². The summed E-state index contributed by atoms with van der Waals surface area (Å²) in [7, 11) is 0. The number of hydrogen-bond donors (Lipinski definition) is 1. The van der Waals surface area contributed by atoms with Crippen LogP contribution in [0.3, 0.4) is 0 Å². The maximum absolute atomic E-state index is 11.9. The molecule has 120 valence electrons. The molecule has 0 unspecified atom stereocenters. The molecular weight excluding hydrogens is 318 g/mol. The van der Waals surface area contributed by atoms with E-state index in [1.165, 1.54) is 6.07 Å². The molecule has 6 heteroatoms. The Kier molecular flexibility index (Phi) is 6.00. The predicted molar refractivity (Wildman–Crippen MR) is 88.6 cm³/mol. The number of aldehydes is 1. The van der Waals surface area contributed by atoms with Gasteiger partial charge in [0.1, 0.15) is 11.5 Å². The second-order valence-electron chi connectivity index (χ2n) is 4.59. The Morgan fingerprint density at radius 2 is 1.91 bits per heavy atom. The molecule has 1 N–H and O–H groups in total. The number of rotatable bonds is 7. The highest BCUT2D eigenvalue weighted by Gasteiger charge is 2.08. The number of ether oxygens (including phenoxy) is 2. The molecule has 23 heavy (non-hydrogen) atoms. The summed E-state index contributed by atoms with van der Waals surface area (Å²) in [5.41, 5.74) is 0.931. The summed E-state index contributed by atoms with van der Waals surface area (Å²) in [6, 6.07) is 11.6. The highest BCUT2D eigenvalue weighted by Crippen LogP contribution is 2.21. The lowest BCUT2D eigenvalue weighted by Gasteiger charge is -2.10. The minimum atomic E-state index is -0.332. The number of amides is 1. The van der Waals surface area contributed by atoms with Crippen LogP contribution in [0.5, 0.6) is 11.5 Å². The monoisotopic (exact) mass is 333 g/mol. The van der Waals surface area contributed by atoms with Gasteiger partial charge in [0, 0.05) is 10.7 Å². The van der Waals surface area contributed by atoms with E-state index >= 15 is 0 Å². The molecule has 0 saturated heterocycles. The summed E-state index contributed by atoms with van der Waals surface area (Å²) >= 11 is 5.80. The number of halogens is 1. The van der Waals surface area contributed by atoms with Crippen molar-refractivity contribution in [1.29, 1.82) is 0 Å². The second-order valence-corrected chi connectivity index (χ2v) is 5.03. The minimum Gasteiger partial charge on any atom is -0.494 e. The fraction of sp³-hybridized carbons (Fsp3) is 0.176. The highest BCUT2D eigenvalue weighted by atomic mass is 35.5. The van der Waals surface area contributed by atoms with E-state index in [0.717, 1.165) is 5.75 Å². The molecule has 0 radical (unpaired) electrons. The van der Waals surface area contributed by atoms with Gasteiger partial charge in [-0.05, 0) is 49.4 Å². The number of carbonyl (C=O) groups excluding carboxylic acids is 2. The van der Waals surface area contributed by atoms with E-state index in [0.29, 0.717) is 34.9 Å². The largest absolute Gasteiger partial charge is 0.494 e. The summed E-state index contributed by atoms with van der Waals surface area (Å²) in [6.45, 7) is 2.27. The van der Waals surface area contributed by atoms with Crippen LogP contribution >= 0.6 is 11.6 Å². The molecule has 0 aromatic heterocycles. The molecule has 0 saturated carbocycles. The molecule has 0 heterocycles. The fourth-order valence-electron chi connectivity index (χ4n) is 1.88. The maximum atomic E-state index is 11.9. The first-order chi connectivity index (χ1) is 11.1. The molecular formula is C17H16ClNO4. The van der Waals surface area contributed by atoms with Crippen LogP contribution in [0.1, 0.15) is 17.3 Å². The van der Waals surface area contributed by atoms with Crippen molar-refractivity contribution in [2.24, 2.45) is 0 Å². The summed E-state index contributed by atoms with van der Waals surface area (Å²) in [5, 5.41) is 3.13. The average molecular weight is 334 g/mol. The average Bonchev–Trinajstić information content (AvgIpc) is 2.55. The minimum absolute atomic E-state index is 0.213. The van der Waals surface area contributed by atoms with Gasteiger partial charge in [0.05, 0.1) is 12.2 Å². The third-order valence-electron chi connectivity index (χ3n) is 2.91. The van der Waals surface area contributed by atoms with Crippen LogP contribution in [0.2, 0.25) is 5.02 Å². The van der Waals surface area contributed by atoms with Crippen molar-refractivity contribution in [3.05, 3.63) is 53.1 Å². The molecule has 0 fully saturated rings. The zero-order valence-corrected chi connectivity index (χ0v) is 13.3. The standard InChI is InChI=1S/C17H16ClNO4/c1-2-22-15-6-4-14(5-7-15)19-17(21)11-23-16-8-3-13(18)9-12(16)10-20/h3-10H,2,11H2,1H3,(H,19,21). The first-order valence-electron chi connectivity index (χ1n) is 7.02. The quantitative estimate of drug-likeness (QED) is 0.787. The molecule has 0 atom stereocenters. The Balaban J connectivity index is 1.91. The van der Waals surface area contributed by atoms with Gasteiger partial charge >= 0.3 is 0 Å². The summed E-state index contributed by atoms with van der Waals surface area (Å²) in [4.78, 5) is 22.8. The summed E-state index contributed by atoms with van der Waals surface area (Å²) in [6.07, 6.45) is 0.631. The lowest BCUT2D eigenvalue weighted by atomic mass is 10.2. The van der Waals surface area contributed by atoms with E-state index in [1.807, 2.05) is 6.92 Å². The summed E-state index contributed by atoms with van der Waals surface area (Å²) < 4.78 is 10.7. The van der Waals surface area contributed by atoms with E-state index in [1.54, 1.807) is 36.4 Å². The first kappa shape index (κ1) is 16.8. The first-order valence-corrected chi connectivity index (χ1v) is 7.40. The Morgan fingerprint density at radius 3 is 2.57 bits per heavy atom. The predicted octanol–water partition coefficient (Wildman–Crippen LogP) is 3.57. The van der Waals surface area contributed by atoms with Gasteiger partial charge in [0.25, 0.3) is 5.91 Å². The molecule has 0 spiro atoms. The van der Waals surface area contributed by atoms with Crippen molar-refractivity contribution < 1.29 is 19.1 Å². The molecule has 2 rings (SSSR count). The van der Waals surface area contributed by atoms with E-state index in [-0.39, 0.29) is 12.5 Å². The van der Waals surface area contributed by atoms with Gasteiger partial charge in [0.2, 0.25) is 0 Å². The van der Waals surface area contributed by atoms with Crippen molar-refractivity contribution in [3.63, 3.8) is 0 Å². The lowest BCUT2D eigenvalue weighted by molar-refractivity contribution is -0.118. The van der Waals surface area contributed by atoms with Gasteiger partial charge in [0.15, 0.2) is 12.9 Å². The van der Waals surface area contributed by atoms with Crippen LogP contribution in [0, 0.1) is 0 Å². The molecule has 2 aromatic carbocycles. The SMILES string of the molecule is CCOc1ccc(NC(=O)COc2ccc(Cl)cc2C=O)cc1. The van der Waals surface area contributed by atoms with Crippen LogP contribution in [-0.2, 0) is 4.79 Å². The summed E-state index contributed by atoms with van der Waals surface area (Å²) in [5.74, 6) is 0.714. The van der Waals surface area contributed by atoms with Crippen LogP contribution in [0.4, 0.5) is 5.69 Å². The normalized spacial score (nSPS) is 10.0. The van der Waals surface area contributed by atoms with Gasteiger partial charge < -0.3 is 14.8 Å². The third-order valence-corrected chi connectivity index (χ3v) is 3.14. The Bertz CT molecular complexity index is 685. The third kappa shape index (κ3) is 5.00. The van der Waals surface area contributed by atoms with Crippen molar-refractivity contribution >= 4 is 29.5 Å². The lowest BCUT2D eigenvalue weighted by Crippen LogP contribution is -2.20. The topological polar surface area (TPSA) is 64.6 Å². The molecule has 2 aromatic rings. The van der Waals surface area contributed by atoms with Crippen molar-refractivity contribution in [2.75, 3.05) is 18.5 Å². The van der Waals surface area contributed by atoms with Gasteiger partial charge in [-0.3, -0.25) is 9.59 Å². The highest BCUT2D eigenvalue weighted by molar-refractivity contribution is 6.30. The number of anilines is 1. The van der Waals surface area contributed by atoms with Crippen LogP contribution in [0.25, 0.3) is 0 Å². The van der Waals surface area contributed by atoms with Gasteiger partial charge in [-0.15, -0.1) is 0 Å². The number of benzene rings is 2. The van der Waals surface area contributed by atoms with Gasteiger partial charge in [-0.25, -0.2) is 0 Å². The van der Waals surface area contributed by atoms with E-state index < -0.39 is 0 Å². The maximum Gasteiger partial charge on any atom is 0.262 e. The molecule has 0 aliphatic heterocycles. The zero-order chi connectivity index (χ0) is 16.7. The molecule has 5 nitrogen and oxygen atoms in total. The van der Waals surface area contributed by atoms with Crippen molar-refractivity contribution in [2.45, 2.75) is 6.92 Å². The molecule has 0 aliphatic rings. The van der Waals surface area contributed by atoms with E-state index in [4.69, 9.17) is 21.1 Å². The number of hydrogen-bond acceptors (Lipinski definition) is 4. The zero-order valence-electron chi connectivity index (χ0n) is 12.5. The van der Waals surface area contributed by atoms with Gasteiger partial charge in [-0.2, -0.15) is 0 Å². The Morgan fingerprint density at radius 1 is 1.17 bits per heavy atom. The Labute approximate surface area is 139 Å². The van der Waals surface area contributed by atoms with Crippen LogP contribution < -0.4 is 14.8 Å². The second kappa shape index (κ2) is 8.19. The molecule has 0 aliphatic carbocycles.